The monoisotopic (exact) mass is 1720 g/mol. The Labute approximate surface area is 629 Å². The van der Waals surface area contributed by atoms with E-state index >= 15 is 0 Å². The van der Waals surface area contributed by atoms with Gasteiger partial charge in [-0.25, -0.2) is 17.6 Å². The van der Waals surface area contributed by atoms with Crippen LogP contribution in [-0.2, 0) is 56.9 Å². The Bertz CT molecular complexity index is 4580. The van der Waals surface area contributed by atoms with Gasteiger partial charge in [-0.1, -0.05) is 73.2 Å². The second-order valence-corrected chi connectivity index (χ2v) is 28.2. The number of nitrogens with two attached hydrogens (primary N) is 4. The summed E-state index contributed by atoms with van der Waals surface area (Å²) in [4.78, 5) is 60.4. The molecule has 21 nitrogen and oxygen atoms in total. The van der Waals surface area contributed by atoms with E-state index in [1.165, 1.54) is 53.2 Å². The third-order valence-electron chi connectivity index (χ3n) is 16.9. The Morgan fingerprint density at radius 1 is 0.505 bits per heavy atom. The van der Waals surface area contributed by atoms with Crippen LogP contribution in [0.3, 0.4) is 0 Å². The van der Waals surface area contributed by atoms with Gasteiger partial charge in [0.2, 0.25) is 5.91 Å². The summed E-state index contributed by atoms with van der Waals surface area (Å²) in [5.74, 6) is -9.40. The van der Waals surface area contributed by atoms with Crippen LogP contribution in [-0.4, -0.2) is 128 Å². The second kappa shape index (κ2) is 32.9. The van der Waals surface area contributed by atoms with E-state index in [2.05, 4.69) is 25.7 Å². The first-order chi connectivity index (χ1) is 49.5. The maximum absolute atomic E-state index is 13.8. The summed E-state index contributed by atoms with van der Waals surface area (Å²) in [6, 6.07) is 10.5. The van der Waals surface area contributed by atoms with Gasteiger partial charge < -0.3 is 37.9 Å². The number of primary amides is 4. The standard InChI is InChI=1S/C20H21ClF4N4O2.C15H12ClF4N3O.C14H11ClF4N4O.C9H9F3IN3O.C6H5BClFO2/c1-19(2,3)7-15(30)28-8-13-16(18(26)31)17(10-4-5-12(22)11(21)6-10)27-29(13)9-14(28)20(23,24)25;16-9-5-7(1-3-10(9)17)13-12(14(21)24)11-4-2-8(15(18,19)20)6-23(11)22-13;15-7-3-6(1-2-8(7)16)12-11(13(20)24)9-4-21-10(14(17,18)19)5-23(9)22-12;10-9(11,12)4-1-2-5-6(8(14)17)7(13)15-16(5)3-4;8-5-3-4(7(10)11)1-2-6(5)9/h4-6,14H,7-9H2,1-3H3,(H2,26,31);1,3,5,8H,2,4,6H2,(H2,21,24);1-3,10,21H,4-5H2,(H2,20,24);4H,1-3H2,(H2,14,17);1-3,10-11H. The van der Waals surface area contributed by atoms with Gasteiger partial charge >= 0.3 is 31.8 Å². The first-order valence-electron chi connectivity index (χ1n) is 31.2. The molecule has 8 aromatic rings. The molecule has 0 radical (unpaired) electrons. The number of alkyl halides is 12. The average Bonchev–Trinajstić information content (AvgIpc) is 1.64. The van der Waals surface area contributed by atoms with Crippen LogP contribution in [0, 0.1) is 44.2 Å². The van der Waals surface area contributed by atoms with E-state index in [4.69, 9.17) is 79.4 Å². The SMILES string of the molecule is CC(C)(C)CC(=O)N1Cc2c(C(N)=O)c(-c3ccc(F)c(Cl)c3)nn2CC1C(F)(F)F.NC(=O)c1c(-c2ccc(F)c(Cl)c2)nn2c1CCC(C(F)(F)F)C2.NC(=O)c1c(-c2ccc(F)c(Cl)c2)nn2c1CNC(C(F)(F)F)C2.NC(=O)c1c(I)nn2c1CCC(C(F)(F)F)C2.OB(O)c1ccc(F)c(Cl)c1. The normalized spacial score (nSPS) is 17.0. The quantitative estimate of drug-likeness (QED) is 0.0403. The molecular weight excluding hydrogens is 1660 g/mol. The summed E-state index contributed by atoms with van der Waals surface area (Å²) in [7, 11) is -1.60. The summed E-state index contributed by atoms with van der Waals surface area (Å²) < 4.78 is 214. The van der Waals surface area contributed by atoms with Crippen LogP contribution < -0.4 is 33.7 Å². The Balaban J connectivity index is 0.000000174. The van der Waals surface area contributed by atoms with Gasteiger partial charge in [0.05, 0.1) is 110 Å². The van der Waals surface area contributed by atoms with Crippen molar-refractivity contribution < 1.29 is 104 Å². The van der Waals surface area contributed by atoms with Crippen molar-refractivity contribution in [1.29, 1.82) is 0 Å². The fourth-order valence-corrected chi connectivity index (χ4v) is 13.3. The molecule has 107 heavy (non-hydrogen) atoms. The van der Waals surface area contributed by atoms with Crippen LogP contribution in [0.2, 0.25) is 20.1 Å². The number of nitrogens with zero attached hydrogens (tertiary/aromatic N) is 9. The van der Waals surface area contributed by atoms with Crippen LogP contribution in [0.4, 0.5) is 70.2 Å². The lowest BCUT2D eigenvalue weighted by molar-refractivity contribution is -0.199. The molecule has 4 aliphatic rings. The van der Waals surface area contributed by atoms with Crippen molar-refractivity contribution in [3.8, 4) is 33.8 Å². The molecule has 0 bridgehead atoms. The smallest absolute Gasteiger partial charge is 0.423 e. The molecular formula is C64H58BCl4F16IN14O7. The largest absolute Gasteiger partial charge is 0.488 e. The molecule has 4 aromatic heterocycles. The first-order valence-corrected chi connectivity index (χ1v) is 33.8. The van der Waals surface area contributed by atoms with Crippen molar-refractivity contribution in [3.63, 3.8) is 0 Å². The van der Waals surface area contributed by atoms with Crippen molar-refractivity contribution in [2.45, 2.75) is 129 Å². The number of fused-ring (bicyclic) bond motifs is 4. The number of hydrogen-bond donors (Lipinski definition) is 7. The lowest BCUT2D eigenvalue weighted by Gasteiger charge is -2.38. The molecule has 0 saturated carbocycles. The molecule has 5 amide bonds. The molecule has 0 aliphatic carbocycles. The summed E-state index contributed by atoms with van der Waals surface area (Å²) in [6.45, 7) is 2.73. The maximum atomic E-state index is 13.8. The molecule has 0 saturated heterocycles. The van der Waals surface area contributed by atoms with E-state index in [-0.39, 0.29) is 134 Å². The number of nitrogens with one attached hydrogen (secondary N) is 1. The highest BCUT2D eigenvalue weighted by Gasteiger charge is 2.51. The fraction of sp³-hybridized carbons (Fsp3) is 0.359. The van der Waals surface area contributed by atoms with Gasteiger partial charge in [-0.05, 0) is 126 Å². The van der Waals surface area contributed by atoms with Gasteiger partial charge in [0.15, 0.2) is 0 Å². The number of hydrogen-bond acceptors (Lipinski definition) is 12. The van der Waals surface area contributed by atoms with E-state index in [0.29, 0.717) is 26.2 Å². The molecule has 0 spiro atoms. The van der Waals surface area contributed by atoms with Gasteiger partial charge in [0.1, 0.15) is 56.1 Å². The van der Waals surface area contributed by atoms with E-state index < -0.39 is 134 Å². The third kappa shape index (κ3) is 20.0. The van der Waals surface area contributed by atoms with E-state index in [0.717, 1.165) is 43.2 Å². The lowest BCUT2D eigenvalue weighted by atomic mass is 9.80. The van der Waals surface area contributed by atoms with E-state index in [9.17, 15) is 94.2 Å². The van der Waals surface area contributed by atoms with Crippen LogP contribution >= 0.6 is 69.0 Å². The van der Waals surface area contributed by atoms with Crippen LogP contribution in [0.5, 0.6) is 0 Å². The van der Waals surface area contributed by atoms with E-state index in [1.807, 2.05) is 22.6 Å². The number of carbonyl (C=O) groups excluding carboxylic acids is 5. The molecule has 0 fully saturated rings. The lowest BCUT2D eigenvalue weighted by Crippen LogP contribution is -2.54. The zero-order valence-corrected chi connectivity index (χ0v) is 60.5. The second-order valence-electron chi connectivity index (χ2n) is 25.6. The number of amides is 5. The molecule has 576 valence electrons. The van der Waals surface area contributed by atoms with Crippen molar-refractivity contribution in [1.82, 2.24) is 49.3 Å². The summed E-state index contributed by atoms with van der Waals surface area (Å²) >= 11 is 24.4. The molecule has 4 atom stereocenters. The molecule has 4 aliphatic heterocycles. The maximum Gasteiger partial charge on any atom is 0.488 e. The minimum Gasteiger partial charge on any atom is -0.423 e. The van der Waals surface area contributed by atoms with Crippen molar-refractivity contribution >= 4 is 111 Å². The first kappa shape index (κ1) is 84.4. The summed E-state index contributed by atoms with van der Waals surface area (Å²) in [6.07, 6.45) is -17.8. The van der Waals surface area contributed by atoms with Crippen molar-refractivity contribution in [2.24, 2.45) is 40.2 Å². The number of benzene rings is 4. The number of carbonyl (C=O) groups is 5. The number of aromatic nitrogens is 8. The van der Waals surface area contributed by atoms with Crippen LogP contribution in [0.25, 0.3) is 33.8 Å². The summed E-state index contributed by atoms with van der Waals surface area (Å²) in [5.41, 5.74) is 23.5. The molecule has 8 heterocycles. The van der Waals surface area contributed by atoms with Crippen LogP contribution in [0.1, 0.15) is 104 Å². The highest BCUT2D eigenvalue weighted by atomic mass is 127. The van der Waals surface area contributed by atoms with E-state index in [1.54, 1.807) is 20.8 Å². The van der Waals surface area contributed by atoms with Gasteiger partial charge in [0.25, 0.3) is 23.6 Å². The van der Waals surface area contributed by atoms with Crippen molar-refractivity contribution in [2.75, 3.05) is 0 Å². The highest BCUT2D eigenvalue weighted by Crippen LogP contribution is 2.42. The third-order valence-corrected chi connectivity index (χ3v) is 18.8. The molecule has 43 heteroatoms. The summed E-state index contributed by atoms with van der Waals surface area (Å²) in [5, 5.41) is 35.1. The highest BCUT2D eigenvalue weighted by molar-refractivity contribution is 14.1. The Hall–Kier alpha value is -8.22. The number of rotatable bonds is 9. The zero-order chi connectivity index (χ0) is 79.8. The van der Waals surface area contributed by atoms with Gasteiger partial charge in [0, 0.05) is 29.7 Å². The minimum absolute atomic E-state index is 0.00852. The number of halogens is 21. The predicted molar refractivity (Wildman–Crippen MR) is 365 cm³/mol. The molecule has 4 aromatic carbocycles. The Morgan fingerprint density at radius 2 is 0.869 bits per heavy atom. The molecule has 4 unspecified atom stereocenters. The van der Waals surface area contributed by atoms with Gasteiger partial charge in [-0.2, -0.15) is 73.1 Å². The predicted octanol–water partition coefficient (Wildman–Crippen LogP) is 12.1. The van der Waals surface area contributed by atoms with Gasteiger partial charge in [-0.15, -0.1) is 0 Å². The fourth-order valence-electron chi connectivity index (χ4n) is 11.7. The Morgan fingerprint density at radius 3 is 1.23 bits per heavy atom. The van der Waals surface area contributed by atoms with Gasteiger partial charge in [-0.3, -0.25) is 48.0 Å². The molecule has 12 rings (SSSR count). The van der Waals surface area contributed by atoms with Crippen molar-refractivity contribution in [3.05, 3.63) is 165 Å². The topological polar surface area (TPSA) is 316 Å². The molecule has 11 N–H and O–H groups in total. The zero-order valence-electron chi connectivity index (χ0n) is 55.3. The minimum atomic E-state index is -4.70. The Kier molecular flexibility index (Phi) is 26.0. The van der Waals surface area contributed by atoms with Crippen LogP contribution in [0.15, 0.2) is 72.8 Å². The average molecular weight is 1720 g/mol.